The van der Waals surface area contributed by atoms with Gasteiger partial charge >= 0.3 is 5.97 Å². The van der Waals surface area contributed by atoms with Gasteiger partial charge in [0.2, 0.25) is 17.7 Å². The number of nitrogens with one attached hydrogen (secondary N) is 2. The summed E-state index contributed by atoms with van der Waals surface area (Å²) in [5.41, 5.74) is -0.783. The second-order valence-corrected chi connectivity index (χ2v) is 18.7. The van der Waals surface area contributed by atoms with Gasteiger partial charge in [0.25, 0.3) is 0 Å². The lowest BCUT2D eigenvalue weighted by Gasteiger charge is -2.52. The van der Waals surface area contributed by atoms with Crippen molar-refractivity contribution >= 4 is 29.5 Å². The number of ketones is 1. The highest BCUT2D eigenvalue weighted by Crippen LogP contribution is 2.60. The summed E-state index contributed by atoms with van der Waals surface area (Å²) in [7, 11) is 1.73. The van der Waals surface area contributed by atoms with Gasteiger partial charge in [0.05, 0.1) is 37.1 Å². The molecule has 4 saturated carbocycles. The Morgan fingerprint density at radius 3 is 2.17 bits per heavy atom. The quantitative estimate of drug-likeness (QED) is 0.102. The second-order valence-electron chi connectivity index (χ2n) is 18.7. The molecule has 3 aliphatic heterocycles. The highest BCUT2D eigenvalue weighted by molar-refractivity contribution is 5.90. The van der Waals surface area contributed by atoms with Crippen LogP contribution in [0.5, 0.6) is 0 Å². The molecule has 3 saturated heterocycles. The third-order valence-electron chi connectivity index (χ3n) is 13.9. The molecule has 7 rings (SSSR count). The Hall–Kier alpha value is -2.83. The van der Waals surface area contributed by atoms with E-state index in [9.17, 15) is 24.0 Å². The van der Waals surface area contributed by atoms with Gasteiger partial charge in [-0.3, -0.25) is 19.2 Å². The van der Waals surface area contributed by atoms with Crippen LogP contribution in [0.15, 0.2) is 11.6 Å². The van der Waals surface area contributed by atoms with Crippen LogP contribution in [0.3, 0.4) is 0 Å². The SMILES string of the molecule is CO[C@@H]1[C@H](NC(=O)C23CCC(C(=O)NCCCOC(=O)C4CCCN4C(=O)CCC(=O)C(C)(C)C)(CC2)CC3)CC[C@]2(CO2)[C@H]1[C@@]1(C)O[C@@H]1CC=C(C)C. The van der Waals surface area contributed by atoms with Crippen molar-refractivity contribution in [3.63, 3.8) is 0 Å². The van der Waals surface area contributed by atoms with Crippen LogP contribution in [0.25, 0.3) is 0 Å². The maximum atomic E-state index is 14.1. The van der Waals surface area contributed by atoms with E-state index in [1.165, 1.54) is 5.57 Å². The maximum absolute atomic E-state index is 14.1. The normalized spacial score (nSPS) is 36.7. The number of hydrogen-bond donors (Lipinski definition) is 2. The third-order valence-corrected chi connectivity index (χ3v) is 13.9. The summed E-state index contributed by atoms with van der Waals surface area (Å²) in [5.74, 6) is -0.462. The Kier molecular flexibility index (Phi) is 11.8. The zero-order valence-corrected chi connectivity index (χ0v) is 33.8. The van der Waals surface area contributed by atoms with Gasteiger partial charge in [-0.2, -0.15) is 0 Å². The minimum atomic E-state index is -0.623. The Labute approximate surface area is 321 Å². The van der Waals surface area contributed by atoms with E-state index in [4.69, 9.17) is 18.9 Å². The fourth-order valence-corrected chi connectivity index (χ4v) is 10.1. The van der Waals surface area contributed by atoms with Crippen LogP contribution in [-0.4, -0.2) is 103 Å². The number of amides is 3. The molecule has 0 aromatic rings. The molecule has 54 heavy (non-hydrogen) atoms. The molecule has 7 fully saturated rings. The maximum Gasteiger partial charge on any atom is 0.328 e. The average molecular weight is 756 g/mol. The van der Waals surface area contributed by atoms with E-state index in [1.807, 2.05) is 20.8 Å². The van der Waals surface area contributed by atoms with Crippen LogP contribution in [0.4, 0.5) is 0 Å². The first-order valence-electron chi connectivity index (χ1n) is 20.6. The molecule has 0 radical (unpaired) electrons. The molecular formula is C42H65N3O9. The van der Waals surface area contributed by atoms with E-state index in [1.54, 1.807) is 12.0 Å². The first kappa shape index (κ1) is 40.8. The molecule has 3 heterocycles. The van der Waals surface area contributed by atoms with Crippen molar-refractivity contribution in [1.82, 2.24) is 15.5 Å². The molecule has 302 valence electrons. The van der Waals surface area contributed by atoms with Crippen LogP contribution >= 0.6 is 0 Å². The van der Waals surface area contributed by atoms with Gasteiger partial charge in [0.15, 0.2) is 0 Å². The number of nitrogens with zero attached hydrogens (tertiary/aromatic N) is 1. The van der Waals surface area contributed by atoms with Crippen LogP contribution in [0.1, 0.15) is 131 Å². The summed E-state index contributed by atoms with van der Waals surface area (Å²) in [4.78, 5) is 67.2. The number of epoxide rings is 2. The molecule has 7 aliphatic rings. The first-order chi connectivity index (χ1) is 25.5. The van der Waals surface area contributed by atoms with Crippen LogP contribution in [0, 0.1) is 22.2 Å². The third kappa shape index (κ3) is 8.17. The summed E-state index contributed by atoms with van der Waals surface area (Å²) in [6, 6.07) is -0.754. The Bertz CT molecular complexity index is 1470. The highest BCUT2D eigenvalue weighted by Gasteiger charge is 2.72. The van der Waals surface area contributed by atoms with Gasteiger partial charge in [0.1, 0.15) is 17.4 Å². The van der Waals surface area contributed by atoms with Gasteiger partial charge in [-0.05, 0) is 97.8 Å². The largest absolute Gasteiger partial charge is 0.464 e. The highest BCUT2D eigenvalue weighted by atomic mass is 16.6. The summed E-state index contributed by atoms with van der Waals surface area (Å²) in [6.07, 6.45) is 10.7. The number of carbonyl (C=O) groups is 5. The minimum Gasteiger partial charge on any atom is -0.464 e. The van der Waals surface area contributed by atoms with E-state index >= 15 is 0 Å². The molecule has 2 N–H and O–H groups in total. The number of allylic oxidation sites excluding steroid dienone is 1. The lowest BCUT2D eigenvalue weighted by atomic mass is 9.53. The number of methoxy groups -OCH3 is 1. The lowest BCUT2D eigenvalue weighted by molar-refractivity contribution is -0.154. The van der Waals surface area contributed by atoms with Crippen molar-refractivity contribution in [2.75, 3.05) is 33.4 Å². The molecule has 3 amide bonds. The van der Waals surface area contributed by atoms with Crippen molar-refractivity contribution in [2.45, 2.75) is 167 Å². The van der Waals surface area contributed by atoms with E-state index in [-0.39, 0.29) is 78.3 Å². The van der Waals surface area contributed by atoms with E-state index < -0.39 is 28.3 Å². The topological polar surface area (TPSA) is 156 Å². The number of esters is 1. The minimum absolute atomic E-state index is 0.0181. The zero-order chi connectivity index (χ0) is 39.1. The smallest absolute Gasteiger partial charge is 0.328 e. The Morgan fingerprint density at radius 2 is 1.57 bits per heavy atom. The predicted octanol–water partition coefficient (Wildman–Crippen LogP) is 4.96. The number of hydrogen-bond acceptors (Lipinski definition) is 9. The number of likely N-dealkylation sites (tertiary alicyclic amines) is 1. The van der Waals surface area contributed by atoms with Crippen molar-refractivity contribution in [1.29, 1.82) is 0 Å². The van der Waals surface area contributed by atoms with Crippen molar-refractivity contribution in [3.8, 4) is 0 Å². The molecule has 12 nitrogen and oxygen atoms in total. The van der Waals surface area contributed by atoms with Gasteiger partial charge in [-0.15, -0.1) is 0 Å². The molecule has 4 aliphatic carbocycles. The molecule has 1 spiro atoms. The van der Waals surface area contributed by atoms with Crippen LogP contribution in [0.2, 0.25) is 0 Å². The summed E-state index contributed by atoms with van der Waals surface area (Å²) in [6.45, 7) is 13.6. The number of fused-ring (bicyclic) bond motifs is 3. The molecular weight excluding hydrogens is 690 g/mol. The summed E-state index contributed by atoms with van der Waals surface area (Å²) < 4.78 is 24.2. The van der Waals surface area contributed by atoms with Gasteiger partial charge in [-0.1, -0.05) is 32.4 Å². The zero-order valence-electron chi connectivity index (χ0n) is 33.8. The molecule has 7 atom stereocenters. The van der Waals surface area contributed by atoms with Crippen molar-refractivity contribution in [3.05, 3.63) is 11.6 Å². The number of carbonyl (C=O) groups excluding carboxylic acids is 5. The summed E-state index contributed by atoms with van der Waals surface area (Å²) >= 11 is 0. The van der Waals surface area contributed by atoms with E-state index in [2.05, 4.69) is 37.5 Å². The van der Waals surface area contributed by atoms with E-state index in [0.717, 1.165) is 25.7 Å². The molecule has 12 heteroatoms. The molecule has 1 unspecified atom stereocenters. The van der Waals surface area contributed by atoms with Gasteiger partial charge < -0.3 is 34.5 Å². The summed E-state index contributed by atoms with van der Waals surface area (Å²) in [5, 5.41) is 6.53. The van der Waals surface area contributed by atoms with Gasteiger partial charge in [-0.25, -0.2) is 4.79 Å². The lowest BCUT2D eigenvalue weighted by Crippen LogP contribution is -2.62. The molecule has 0 aromatic carbocycles. The van der Waals surface area contributed by atoms with Crippen LogP contribution in [-0.2, 0) is 42.9 Å². The molecule has 0 aromatic heterocycles. The monoisotopic (exact) mass is 755 g/mol. The number of Topliss-reactive ketones (excluding diaryl/α,β-unsaturated/α-hetero) is 1. The van der Waals surface area contributed by atoms with Gasteiger partial charge in [0, 0.05) is 55.2 Å². The second kappa shape index (κ2) is 15.6. The number of ether oxygens (including phenoxy) is 4. The standard InChI is InChI=1S/C42H65N3O9/c1-27(2)11-13-31-39(6,54-31)34-33(51-7)28(15-16-42(34)26-53-42)44-37(50)41-20-17-40(18-21-41,19-22-41)36(49)43-23-9-25-52-35(48)29-10-8-24-45(29)32(47)14-12-30(46)38(3,4)5/h11,28-29,31,33-34H,8-10,12-26H2,1-7H3,(H,43,49)(H,44,50)/t28-,29?,31-,33-,34-,39+,40?,41?,42+/m1/s1. The average Bonchev–Trinajstić information content (AvgIpc) is 4.00. The Morgan fingerprint density at radius 1 is 0.926 bits per heavy atom. The van der Waals surface area contributed by atoms with E-state index in [0.29, 0.717) is 71.1 Å². The van der Waals surface area contributed by atoms with Crippen molar-refractivity contribution in [2.24, 2.45) is 22.2 Å². The Balaban J connectivity index is 0.935. The fourth-order valence-electron chi connectivity index (χ4n) is 10.1. The van der Waals surface area contributed by atoms with Crippen molar-refractivity contribution < 1.29 is 42.9 Å². The molecule has 2 bridgehead atoms. The fraction of sp³-hybridized carbons (Fsp3) is 0.833. The first-order valence-corrected chi connectivity index (χ1v) is 20.6. The van der Waals surface area contributed by atoms with Crippen LogP contribution < -0.4 is 10.6 Å². The number of rotatable bonds is 15. The predicted molar refractivity (Wildman–Crippen MR) is 201 cm³/mol.